The standard InChI is InChI=1S/C39H64N2O9/c1-24(22-50-41-29(21-43)7-10-35(46)47)11-16-39(48)19-26-17-33-31-8-5-27-18-30(49-23-40-28(20-42)6-9-34(44)45)12-14-37(27,3)32(31)13-15-38(33,4)36(26)25(39)2/h20-21,24-33,36,40-41,48H,5-19,22-23H2,1-4H3,(H,44,45)(H,46,47)/t24?,25-,26?,27?,28+,29+,30?,31?,32?,33?,36?,37?,38?,39?/m0/s1. The van der Waals surface area contributed by atoms with E-state index in [4.69, 9.17) is 19.8 Å². The molecule has 5 aliphatic carbocycles. The summed E-state index contributed by atoms with van der Waals surface area (Å²) in [6.07, 6.45) is 13.9. The number of carboxylic acids is 2. The summed E-state index contributed by atoms with van der Waals surface area (Å²) in [5.41, 5.74) is 2.62. The van der Waals surface area contributed by atoms with Crippen LogP contribution in [0.1, 0.15) is 124 Å². The van der Waals surface area contributed by atoms with Gasteiger partial charge in [0.25, 0.3) is 0 Å². The zero-order chi connectivity index (χ0) is 36.3. The lowest BCUT2D eigenvalue weighted by atomic mass is 9.44. The molecule has 5 saturated carbocycles. The van der Waals surface area contributed by atoms with Crippen LogP contribution in [0, 0.1) is 58.2 Å². The van der Waals surface area contributed by atoms with E-state index in [1.165, 1.54) is 38.5 Å². The minimum atomic E-state index is -0.940. The highest BCUT2D eigenvalue weighted by atomic mass is 16.6. The van der Waals surface area contributed by atoms with Gasteiger partial charge in [-0.15, -0.1) is 0 Å². The van der Waals surface area contributed by atoms with Crippen molar-refractivity contribution >= 4 is 24.5 Å². The molecule has 0 aromatic rings. The number of carbonyl (C=O) groups is 4. The second kappa shape index (κ2) is 16.4. The zero-order valence-corrected chi connectivity index (χ0v) is 30.8. The molecular formula is C39H64N2O9. The lowest BCUT2D eigenvalue weighted by Gasteiger charge is -2.61. The molecule has 5 aliphatic rings. The van der Waals surface area contributed by atoms with Crippen LogP contribution < -0.4 is 10.8 Å². The number of carboxylic acid groups (broad SMARTS) is 2. The number of carbonyl (C=O) groups excluding carboxylic acids is 2. The Balaban J connectivity index is 1.11. The van der Waals surface area contributed by atoms with Crippen molar-refractivity contribution in [3.05, 3.63) is 0 Å². The Morgan fingerprint density at radius 3 is 2.26 bits per heavy atom. The minimum Gasteiger partial charge on any atom is -0.481 e. The van der Waals surface area contributed by atoms with Gasteiger partial charge in [0.15, 0.2) is 0 Å². The molecular weight excluding hydrogens is 640 g/mol. The first-order valence-corrected chi connectivity index (χ1v) is 19.5. The van der Waals surface area contributed by atoms with Gasteiger partial charge in [-0.05, 0) is 142 Å². The smallest absolute Gasteiger partial charge is 0.303 e. The van der Waals surface area contributed by atoms with Crippen LogP contribution >= 0.6 is 0 Å². The Kier molecular flexibility index (Phi) is 12.9. The molecule has 0 aromatic heterocycles. The highest BCUT2D eigenvalue weighted by molar-refractivity contribution is 5.68. The van der Waals surface area contributed by atoms with E-state index in [0.29, 0.717) is 36.1 Å². The van der Waals surface area contributed by atoms with Gasteiger partial charge < -0.3 is 34.5 Å². The maximum atomic E-state index is 12.1. The number of hydroxylamine groups is 1. The molecule has 284 valence electrons. The fourth-order valence-corrected chi connectivity index (χ4v) is 12.2. The maximum Gasteiger partial charge on any atom is 0.303 e. The van der Waals surface area contributed by atoms with Crippen LogP contribution in [0.25, 0.3) is 0 Å². The maximum absolute atomic E-state index is 12.1. The van der Waals surface area contributed by atoms with Crippen LogP contribution in [0.3, 0.4) is 0 Å². The van der Waals surface area contributed by atoms with Crippen molar-refractivity contribution in [1.29, 1.82) is 0 Å². The van der Waals surface area contributed by atoms with Crippen molar-refractivity contribution in [2.45, 2.75) is 148 Å². The van der Waals surface area contributed by atoms with Gasteiger partial charge in [0.05, 0.1) is 37.1 Å². The van der Waals surface area contributed by atoms with Gasteiger partial charge in [0, 0.05) is 12.8 Å². The number of aliphatic carboxylic acids is 2. The van der Waals surface area contributed by atoms with Gasteiger partial charge in [-0.2, -0.15) is 5.48 Å². The van der Waals surface area contributed by atoms with E-state index in [-0.39, 0.29) is 55.8 Å². The molecule has 14 atom stereocenters. The molecule has 11 unspecified atom stereocenters. The van der Waals surface area contributed by atoms with Crippen LogP contribution in [-0.2, 0) is 28.8 Å². The fraction of sp³-hybridized carbons (Fsp3) is 0.897. The average molecular weight is 705 g/mol. The quantitative estimate of drug-likeness (QED) is 0.0665. The second-order valence-corrected chi connectivity index (χ2v) is 17.7. The molecule has 5 N–H and O–H groups in total. The van der Waals surface area contributed by atoms with Crippen molar-refractivity contribution in [1.82, 2.24) is 10.8 Å². The lowest BCUT2D eigenvalue weighted by Crippen LogP contribution is -2.55. The Morgan fingerprint density at radius 1 is 0.900 bits per heavy atom. The summed E-state index contributed by atoms with van der Waals surface area (Å²) in [5, 5.41) is 33.0. The molecule has 11 heteroatoms. The molecule has 0 aromatic carbocycles. The van der Waals surface area contributed by atoms with E-state index in [2.05, 4.69) is 38.5 Å². The van der Waals surface area contributed by atoms with Crippen LogP contribution in [0.15, 0.2) is 0 Å². The lowest BCUT2D eigenvalue weighted by molar-refractivity contribution is -0.143. The number of nitrogens with one attached hydrogen (secondary N) is 2. The Bertz CT molecular complexity index is 1200. The predicted octanol–water partition coefficient (Wildman–Crippen LogP) is 5.38. The molecule has 0 spiro atoms. The molecule has 0 radical (unpaired) electrons. The largest absolute Gasteiger partial charge is 0.481 e. The van der Waals surface area contributed by atoms with E-state index < -0.39 is 29.6 Å². The Labute approximate surface area is 298 Å². The van der Waals surface area contributed by atoms with Gasteiger partial charge in [0.2, 0.25) is 0 Å². The second-order valence-electron chi connectivity index (χ2n) is 17.7. The molecule has 5 rings (SSSR count). The number of hydrogen-bond acceptors (Lipinski definition) is 9. The minimum absolute atomic E-state index is 0.0382. The summed E-state index contributed by atoms with van der Waals surface area (Å²) < 4.78 is 6.22. The number of rotatable bonds is 19. The first-order valence-electron chi connectivity index (χ1n) is 19.5. The average Bonchev–Trinajstić information content (AvgIpc) is 3.51. The van der Waals surface area contributed by atoms with Crippen LogP contribution in [0.2, 0.25) is 0 Å². The molecule has 0 saturated heterocycles. The highest BCUT2D eigenvalue weighted by Gasteiger charge is 2.67. The highest BCUT2D eigenvalue weighted by Crippen LogP contribution is 2.72. The normalized spacial score (nSPS) is 40.8. The molecule has 11 nitrogen and oxygen atoms in total. The Hall–Kier alpha value is -1.92. The van der Waals surface area contributed by atoms with Crippen molar-refractivity contribution in [3.8, 4) is 0 Å². The predicted molar refractivity (Wildman–Crippen MR) is 187 cm³/mol. The van der Waals surface area contributed by atoms with Gasteiger partial charge in [0.1, 0.15) is 12.6 Å². The number of fused-ring (bicyclic) bond motifs is 7. The van der Waals surface area contributed by atoms with E-state index in [0.717, 1.165) is 56.1 Å². The van der Waals surface area contributed by atoms with Crippen molar-refractivity contribution in [2.75, 3.05) is 13.3 Å². The van der Waals surface area contributed by atoms with Crippen LogP contribution in [0.4, 0.5) is 0 Å². The molecule has 0 bridgehead atoms. The van der Waals surface area contributed by atoms with Gasteiger partial charge in [-0.1, -0.05) is 27.7 Å². The molecule has 0 aliphatic heterocycles. The van der Waals surface area contributed by atoms with Gasteiger partial charge in [-0.3, -0.25) is 14.9 Å². The SMILES string of the molecule is CC(CCC1(O)CC2CC3C4CCC5CC(OCN[C@@H](C=O)CCC(=O)O)CCC5(C)C4CCC3(C)C2[C@@H]1C)CON[C@@H](C=O)CCC(=O)O. The van der Waals surface area contributed by atoms with Crippen molar-refractivity contribution < 1.29 is 44.1 Å². The number of aliphatic hydroxyl groups is 1. The summed E-state index contributed by atoms with van der Waals surface area (Å²) in [5.74, 6) is 2.55. The third kappa shape index (κ3) is 8.32. The third-order valence-electron chi connectivity index (χ3n) is 14.9. The topological polar surface area (TPSA) is 171 Å². The summed E-state index contributed by atoms with van der Waals surface area (Å²) >= 11 is 0. The number of ether oxygens (including phenoxy) is 1. The van der Waals surface area contributed by atoms with Gasteiger partial charge in [-0.25, -0.2) is 0 Å². The van der Waals surface area contributed by atoms with E-state index in [9.17, 15) is 24.3 Å². The van der Waals surface area contributed by atoms with E-state index in [1.54, 1.807) is 0 Å². The monoisotopic (exact) mass is 704 g/mol. The number of aldehydes is 2. The summed E-state index contributed by atoms with van der Waals surface area (Å²) in [7, 11) is 0. The molecule has 0 heterocycles. The number of hydrogen-bond donors (Lipinski definition) is 5. The van der Waals surface area contributed by atoms with Gasteiger partial charge >= 0.3 is 11.9 Å². The third-order valence-corrected chi connectivity index (χ3v) is 14.9. The Morgan fingerprint density at radius 2 is 1.58 bits per heavy atom. The summed E-state index contributed by atoms with van der Waals surface area (Å²) in [4.78, 5) is 49.9. The van der Waals surface area contributed by atoms with Crippen molar-refractivity contribution in [3.63, 3.8) is 0 Å². The zero-order valence-electron chi connectivity index (χ0n) is 30.8. The first-order chi connectivity index (χ1) is 23.7. The van der Waals surface area contributed by atoms with Crippen LogP contribution in [0.5, 0.6) is 0 Å². The molecule has 0 amide bonds. The molecule has 50 heavy (non-hydrogen) atoms. The summed E-state index contributed by atoms with van der Waals surface area (Å²) in [6.45, 7) is 10.2. The van der Waals surface area contributed by atoms with Crippen molar-refractivity contribution in [2.24, 2.45) is 58.2 Å². The van der Waals surface area contributed by atoms with E-state index in [1.807, 2.05) is 0 Å². The summed E-state index contributed by atoms with van der Waals surface area (Å²) in [6, 6.07) is -1.14. The van der Waals surface area contributed by atoms with Crippen LogP contribution in [-0.4, -0.2) is 77.0 Å². The molecule has 5 fully saturated rings. The fourth-order valence-electron chi connectivity index (χ4n) is 12.2. The van der Waals surface area contributed by atoms with E-state index >= 15 is 0 Å². The first kappa shape index (κ1) is 39.3.